The van der Waals surface area contributed by atoms with Crippen molar-refractivity contribution in [3.63, 3.8) is 0 Å². The van der Waals surface area contributed by atoms with Crippen LogP contribution in [0.4, 0.5) is 5.69 Å². The first-order valence-corrected chi connectivity index (χ1v) is 8.53. The topological polar surface area (TPSA) is 52.6 Å². The van der Waals surface area contributed by atoms with Crippen LogP contribution in [-0.4, -0.2) is 8.76 Å². The Labute approximate surface area is 124 Å². The van der Waals surface area contributed by atoms with Gasteiger partial charge in [0.05, 0.1) is 0 Å². The van der Waals surface area contributed by atoms with Gasteiger partial charge in [0.25, 0.3) is 0 Å². The first-order valence-electron chi connectivity index (χ1n) is 5.61. The van der Waals surface area contributed by atoms with Crippen molar-refractivity contribution >= 4 is 16.8 Å². The van der Waals surface area contributed by atoms with Crippen LogP contribution in [0.2, 0.25) is 0 Å². The minimum atomic E-state index is -2.20. The van der Waals surface area contributed by atoms with Crippen LogP contribution in [0.15, 0.2) is 53.4 Å². The number of hydrogen-bond acceptors (Lipinski definition) is 4. The van der Waals surface area contributed by atoms with E-state index in [0.717, 1.165) is 17.0 Å². The summed E-state index contributed by atoms with van der Waals surface area (Å²) in [5, 5.41) is 0. The molecular formula is C13H10INO3S-2. The Bertz CT molecular complexity index is 621. The fourth-order valence-electron chi connectivity index (χ4n) is 1.83. The predicted octanol–water partition coefficient (Wildman–Crippen LogP) is -0.757. The molecule has 0 amide bonds. The molecule has 0 N–H and O–H groups in total. The molecule has 19 heavy (non-hydrogen) atoms. The molecule has 0 aliphatic carbocycles. The van der Waals surface area contributed by atoms with Gasteiger partial charge >= 0.3 is 125 Å². The molecule has 0 radical (unpaired) electrons. The second kappa shape index (κ2) is 5.48. The van der Waals surface area contributed by atoms with Gasteiger partial charge in [-0.3, -0.25) is 0 Å². The third-order valence-electron chi connectivity index (χ3n) is 2.77. The quantitative estimate of drug-likeness (QED) is 0.387. The Morgan fingerprint density at radius 1 is 1.21 bits per heavy atom. The molecule has 4 nitrogen and oxygen atoms in total. The standard InChI is InChI=1S/C13H11INO3S/c16-19(17)12-6-7-13-10(8-12)9-15(14-18-13)11-4-2-1-3-5-11/h1-8H,9H2,(H,16,17)/q-1/p-1. The normalized spacial score (nSPS) is 15.9. The Hall–Kier alpha value is -1.12. The second-order valence-corrected chi connectivity index (χ2v) is 6.95. The fraction of sp³-hybridized carbons (Fsp3) is 0.0769. The van der Waals surface area contributed by atoms with E-state index in [0.29, 0.717) is 11.4 Å². The molecule has 0 bridgehead atoms. The summed E-state index contributed by atoms with van der Waals surface area (Å²) in [7, 11) is 0. The van der Waals surface area contributed by atoms with E-state index in [9.17, 15) is 8.76 Å². The molecule has 0 spiro atoms. The molecule has 0 saturated carbocycles. The van der Waals surface area contributed by atoms with Crippen LogP contribution >= 0.6 is 0 Å². The number of fused-ring (bicyclic) bond motifs is 1. The summed E-state index contributed by atoms with van der Waals surface area (Å²) in [6.45, 7) is 0.692. The molecule has 1 aliphatic rings. The van der Waals surface area contributed by atoms with Crippen LogP contribution in [0.5, 0.6) is 5.75 Å². The molecule has 0 aromatic heterocycles. The molecule has 1 aliphatic heterocycles. The Balaban J connectivity index is 1.90. The van der Waals surface area contributed by atoms with Crippen LogP contribution in [0.3, 0.4) is 0 Å². The molecule has 2 aromatic rings. The summed E-state index contributed by atoms with van der Waals surface area (Å²) in [4.78, 5) is 0.301. The van der Waals surface area contributed by atoms with Crippen molar-refractivity contribution < 1.29 is 33.7 Å². The van der Waals surface area contributed by atoms with Gasteiger partial charge in [0, 0.05) is 0 Å². The van der Waals surface area contributed by atoms with E-state index in [-0.39, 0.29) is 0 Å². The molecule has 2 aromatic carbocycles. The summed E-state index contributed by atoms with van der Waals surface area (Å²) in [5.41, 5.74) is 2.02. The summed E-state index contributed by atoms with van der Waals surface area (Å²) < 4.78 is 29.9. The summed E-state index contributed by atoms with van der Waals surface area (Å²) in [5.74, 6) is 0.800. The second-order valence-electron chi connectivity index (χ2n) is 4.01. The maximum atomic E-state index is 11.0. The molecule has 3 rings (SSSR count). The Morgan fingerprint density at radius 3 is 2.74 bits per heavy atom. The number of benzene rings is 2. The molecule has 0 fully saturated rings. The van der Waals surface area contributed by atoms with Crippen molar-refractivity contribution in [2.75, 3.05) is 3.11 Å². The van der Waals surface area contributed by atoms with Crippen molar-refractivity contribution in [3.8, 4) is 5.75 Å². The molecule has 100 valence electrons. The van der Waals surface area contributed by atoms with Crippen LogP contribution in [0, 0.1) is 0 Å². The number of nitrogens with zero attached hydrogens (tertiary/aromatic N) is 1. The van der Waals surface area contributed by atoms with E-state index < -0.39 is 33.0 Å². The van der Waals surface area contributed by atoms with Gasteiger partial charge in [-0.05, 0) is 0 Å². The Kier molecular flexibility index (Phi) is 3.72. The van der Waals surface area contributed by atoms with Crippen molar-refractivity contribution in [2.24, 2.45) is 0 Å². The van der Waals surface area contributed by atoms with Gasteiger partial charge in [0.2, 0.25) is 0 Å². The van der Waals surface area contributed by atoms with Crippen molar-refractivity contribution in [3.05, 3.63) is 54.1 Å². The van der Waals surface area contributed by atoms with Gasteiger partial charge in [-0.15, -0.1) is 0 Å². The average Bonchev–Trinajstić information content (AvgIpc) is 2.47. The van der Waals surface area contributed by atoms with E-state index in [1.54, 1.807) is 18.2 Å². The average molecular weight is 387 g/mol. The number of rotatable bonds is 2. The third kappa shape index (κ3) is 2.75. The van der Waals surface area contributed by atoms with Crippen molar-refractivity contribution in [1.29, 1.82) is 0 Å². The molecule has 0 saturated heterocycles. The van der Waals surface area contributed by atoms with E-state index in [4.69, 9.17) is 3.07 Å². The summed E-state index contributed by atoms with van der Waals surface area (Å²) in [6, 6.07) is 15.0. The van der Waals surface area contributed by atoms with Crippen LogP contribution in [-0.2, 0) is 17.6 Å². The maximum absolute atomic E-state index is 11.0. The predicted molar refractivity (Wildman–Crippen MR) is 66.9 cm³/mol. The SMILES string of the molecule is O=S([O-])c1ccc2c(c1)CN(c1ccccc1)[I-]O2. The molecule has 1 unspecified atom stereocenters. The van der Waals surface area contributed by atoms with Crippen LogP contribution in [0.1, 0.15) is 5.56 Å². The van der Waals surface area contributed by atoms with Crippen LogP contribution in [0.25, 0.3) is 0 Å². The van der Waals surface area contributed by atoms with E-state index in [2.05, 4.69) is 3.11 Å². The van der Waals surface area contributed by atoms with Gasteiger partial charge in [-0.2, -0.15) is 0 Å². The van der Waals surface area contributed by atoms with Crippen molar-refractivity contribution in [1.82, 2.24) is 0 Å². The molecular weight excluding hydrogens is 377 g/mol. The first kappa shape index (κ1) is 12.9. The van der Waals surface area contributed by atoms with E-state index >= 15 is 0 Å². The molecule has 1 atom stereocenters. The Morgan fingerprint density at radius 2 is 2.00 bits per heavy atom. The first-order chi connectivity index (χ1) is 9.24. The van der Waals surface area contributed by atoms with Gasteiger partial charge in [-0.25, -0.2) is 0 Å². The minimum absolute atomic E-state index is 0.301. The van der Waals surface area contributed by atoms with Gasteiger partial charge in [0.15, 0.2) is 0 Å². The van der Waals surface area contributed by atoms with Gasteiger partial charge in [0.1, 0.15) is 0 Å². The van der Waals surface area contributed by atoms with Gasteiger partial charge in [-0.1, -0.05) is 0 Å². The third-order valence-corrected chi connectivity index (χ3v) is 5.45. The fourth-order valence-corrected chi connectivity index (χ4v) is 4.18. The zero-order chi connectivity index (χ0) is 13.2. The number of anilines is 1. The zero-order valence-electron chi connectivity index (χ0n) is 9.78. The van der Waals surface area contributed by atoms with Crippen LogP contribution < -0.4 is 28.1 Å². The summed E-state index contributed by atoms with van der Waals surface area (Å²) in [6.07, 6.45) is 0. The zero-order valence-corrected chi connectivity index (χ0v) is 12.8. The molecule has 1 heterocycles. The van der Waals surface area contributed by atoms with Crippen molar-refractivity contribution in [2.45, 2.75) is 11.4 Å². The van der Waals surface area contributed by atoms with E-state index in [1.807, 2.05) is 30.3 Å². The number of halogens is 1. The number of para-hydroxylation sites is 1. The number of hydrogen-bond donors (Lipinski definition) is 0. The van der Waals surface area contributed by atoms with E-state index in [1.165, 1.54) is 0 Å². The molecule has 6 heteroatoms. The summed E-state index contributed by atoms with van der Waals surface area (Å²) >= 11 is -2.76. The van der Waals surface area contributed by atoms with Gasteiger partial charge < -0.3 is 0 Å². The monoisotopic (exact) mass is 387 g/mol.